The maximum Gasteiger partial charge on any atom is 0.234 e. The number of ether oxygens (including phenoxy) is 2. The summed E-state index contributed by atoms with van der Waals surface area (Å²) in [5, 5.41) is 6.80. The molecule has 0 spiro atoms. The second-order valence-electron chi connectivity index (χ2n) is 6.57. The quantitative estimate of drug-likeness (QED) is 0.356. The van der Waals surface area contributed by atoms with Crippen LogP contribution < -0.4 is 14.8 Å². The lowest BCUT2D eigenvalue weighted by molar-refractivity contribution is -0.113. The van der Waals surface area contributed by atoms with Gasteiger partial charge in [0.15, 0.2) is 11.5 Å². The lowest BCUT2D eigenvalue weighted by Crippen LogP contribution is -2.17. The largest absolute Gasteiger partial charge is 0.486 e. The molecule has 0 atom stereocenters. The number of rotatable bonds is 5. The van der Waals surface area contributed by atoms with E-state index in [1.807, 2.05) is 30.3 Å². The van der Waals surface area contributed by atoms with Crippen LogP contribution in [-0.2, 0) is 4.79 Å². The van der Waals surface area contributed by atoms with Crippen LogP contribution in [0.25, 0.3) is 21.3 Å². The van der Waals surface area contributed by atoms with E-state index in [0.717, 1.165) is 26.4 Å². The molecule has 150 valence electrons. The second-order valence-corrected chi connectivity index (χ2v) is 8.39. The van der Waals surface area contributed by atoms with Crippen LogP contribution >= 0.6 is 23.1 Å². The van der Waals surface area contributed by atoms with Crippen LogP contribution in [0.15, 0.2) is 65.3 Å². The van der Waals surface area contributed by atoms with E-state index in [9.17, 15) is 4.79 Å². The lowest BCUT2D eigenvalue weighted by atomic mass is 10.1. The molecular weight excluding hydrogens is 418 g/mol. The van der Waals surface area contributed by atoms with E-state index in [-0.39, 0.29) is 11.7 Å². The Morgan fingerprint density at radius 2 is 1.90 bits per heavy atom. The molecule has 0 saturated heterocycles. The van der Waals surface area contributed by atoms with E-state index in [0.29, 0.717) is 30.4 Å². The first-order chi connectivity index (χ1) is 14.8. The first-order valence-electron chi connectivity index (χ1n) is 9.38. The third kappa shape index (κ3) is 3.83. The molecule has 1 N–H and O–H groups in total. The standard InChI is InChI=1S/C22H17N3O3S2/c26-19(25-15-6-7-17-18(10-15)28-9-8-27-17)12-30-22-20-16(14-4-2-1-3-5-14)11-29-21(20)23-13-24-22/h1-7,10-11,13H,8-9,12H2,(H,25,26). The summed E-state index contributed by atoms with van der Waals surface area (Å²) in [4.78, 5) is 22.3. The first-order valence-corrected chi connectivity index (χ1v) is 11.2. The molecule has 0 bridgehead atoms. The van der Waals surface area contributed by atoms with E-state index in [1.54, 1.807) is 23.7 Å². The Hall–Kier alpha value is -3.10. The Morgan fingerprint density at radius 1 is 1.07 bits per heavy atom. The Balaban J connectivity index is 1.33. The number of nitrogens with one attached hydrogen (secondary N) is 1. The number of thiophene rings is 1. The van der Waals surface area contributed by atoms with Crippen molar-refractivity contribution in [3.05, 3.63) is 60.2 Å². The fourth-order valence-corrected chi connectivity index (χ4v) is 5.03. The molecule has 1 aliphatic rings. The smallest absolute Gasteiger partial charge is 0.234 e. The molecule has 0 unspecified atom stereocenters. The normalized spacial score (nSPS) is 12.7. The van der Waals surface area contributed by atoms with Crippen LogP contribution in [0.2, 0.25) is 0 Å². The van der Waals surface area contributed by atoms with Crippen LogP contribution in [0.1, 0.15) is 0 Å². The summed E-state index contributed by atoms with van der Waals surface area (Å²) in [6.07, 6.45) is 1.55. The summed E-state index contributed by atoms with van der Waals surface area (Å²) in [6, 6.07) is 15.5. The van der Waals surface area contributed by atoms with Gasteiger partial charge in [-0.25, -0.2) is 9.97 Å². The van der Waals surface area contributed by atoms with Gasteiger partial charge >= 0.3 is 0 Å². The average molecular weight is 436 g/mol. The molecule has 6 nitrogen and oxygen atoms in total. The van der Waals surface area contributed by atoms with Crippen molar-refractivity contribution < 1.29 is 14.3 Å². The van der Waals surface area contributed by atoms with Gasteiger partial charge in [-0.2, -0.15) is 0 Å². The minimum atomic E-state index is -0.111. The fourth-order valence-electron chi connectivity index (χ4n) is 3.24. The molecule has 30 heavy (non-hydrogen) atoms. The number of aromatic nitrogens is 2. The number of carbonyl (C=O) groups is 1. The van der Waals surface area contributed by atoms with Gasteiger partial charge in [0.25, 0.3) is 0 Å². The number of anilines is 1. The minimum absolute atomic E-state index is 0.111. The Bertz CT molecular complexity index is 1210. The van der Waals surface area contributed by atoms with Gasteiger partial charge in [0.05, 0.1) is 11.1 Å². The first kappa shape index (κ1) is 18.9. The van der Waals surface area contributed by atoms with Crippen molar-refractivity contribution in [2.45, 2.75) is 5.03 Å². The highest BCUT2D eigenvalue weighted by molar-refractivity contribution is 8.00. The van der Waals surface area contributed by atoms with E-state index < -0.39 is 0 Å². The maximum absolute atomic E-state index is 12.5. The zero-order valence-electron chi connectivity index (χ0n) is 15.8. The molecule has 0 saturated carbocycles. The predicted octanol–water partition coefficient (Wildman–Crippen LogP) is 4.86. The molecule has 3 heterocycles. The van der Waals surface area contributed by atoms with Crippen LogP contribution in [-0.4, -0.2) is 34.8 Å². The lowest BCUT2D eigenvalue weighted by Gasteiger charge is -2.19. The van der Waals surface area contributed by atoms with Crippen molar-refractivity contribution >= 4 is 44.9 Å². The molecule has 4 aromatic rings. The summed E-state index contributed by atoms with van der Waals surface area (Å²) in [7, 11) is 0. The van der Waals surface area contributed by atoms with E-state index >= 15 is 0 Å². The van der Waals surface area contributed by atoms with E-state index in [4.69, 9.17) is 9.47 Å². The van der Waals surface area contributed by atoms with Gasteiger partial charge in [0, 0.05) is 22.7 Å². The molecule has 2 aromatic carbocycles. The summed E-state index contributed by atoms with van der Waals surface area (Å²) in [5.41, 5.74) is 2.88. The monoisotopic (exact) mass is 435 g/mol. The Labute approximate surface area is 181 Å². The molecule has 2 aromatic heterocycles. The Kier molecular flexibility index (Phi) is 5.25. The van der Waals surface area contributed by atoms with Crippen LogP contribution in [0.5, 0.6) is 11.5 Å². The SMILES string of the molecule is O=C(CSc1ncnc2scc(-c3ccccc3)c12)Nc1ccc2c(c1)OCCO2. The zero-order chi connectivity index (χ0) is 20.3. The van der Waals surface area contributed by atoms with Crippen LogP contribution in [0.3, 0.4) is 0 Å². The number of amides is 1. The van der Waals surface area contributed by atoms with Gasteiger partial charge in [-0.15, -0.1) is 11.3 Å². The third-order valence-electron chi connectivity index (χ3n) is 4.59. The zero-order valence-corrected chi connectivity index (χ0v) is 17.5. The van der Waals surface area contributed by atoms with Crippen LogP contribution in [0.4, 0.5) is 5.69 Å². The maximum atomic E-state index is 12.5. The summed E-state index contributed by atoms with van der Waals surface area (Å²) >= 11 is 2.99. The Morgan fingerprint density at radius 3 is 2.77 bits per heavy atom. The third-order valence-corrected chi connectivity index (χ3v) is 6.46. The number of carbonyl (C=O) groups excluding carboxylic acids is 1. The van der Waals surface area contributed by atoms with Crippen molar-refractivity contribution in [3.8, 4) is 22.6 Å². The predicted molar refractivity (Wildman–Crippen MR) is 120 cm³/mol. The topological polar surface area (TPSA) is 73.3 Å². The number of hydrogen-bond acceptors (Lipinski definition) is 7. The van der Waals surface area contributed by atoms with Crippen molar-refractivity contribution in [1.29, 1.82) is 0 Å². The fraction of sp³-hybridized carbons (Fsp3) is 0.136. The highest BCUT2D eigenvalue weighted by atomic mass is 32.2. The van der Waals surface area contributed by atoms with Gasteiger partial charge in [-0.1, -0.05) is 42.1 Å². The van der Waals surface area contributed by atoms with Gasteiger partial charge in [0.2, 0.25) is 5.91 Å². The van der Waals surface area contributed by atoms with Gasteiger partial charge < -0.3 is 14.8 Å². The highest BCUT2D eigenvalue weighted by Crippen LogP contribution is 2.38. The summed E-state index contributed by atoms with van der Waals surface area (Å²) < 4.78 is 11.1. The number of fused-ring (bicyclic) bond motifs is 2. The van der Waals surface area contributed by atoms with Crippen molar-refractivity contribution in [2.24, 2.45) is 0 Å². The molecule has 1 aliphatic heterocycles. The van der Waals surface area contributed by atoms with E-state index in [1.165, 1.54) is 11.8 Å². The van der Waals surface area contributed by atoms with Gasteiger partial charge in [-0.3, -0.25) is 4.79 Å². The number of benzene rings is 2. The minimum Gasteiger partial charge on any atom is -0.486 e. The second kappa shape index (κ2) is 8.33. The molecule has 0 fully saturated rings. The van der Waals surface area contributed by atoms with Crippen molar-refractivity contribution in [1.82, 2.24) is 9.97 Å². The van der Waals surface area contributed by atoms with Crippen molar-refractivity contribution in [2.75, 3.05) is 24.3 Å². The summed E-state index contributed by atoms with van der Waals surface area (Å²) in [6.45, 7) is 1.05. The summed E-state index contributed by atoms with van der Waals surface area (Å²) in [5.74, 6) is 1.47. The number of hydrogen-bond donors (Lipinski definition) is 1. The number of thioether (sulfide) groups is 1. The molecule has 0 aliphatic carbocycles. The molecular formula is C22H17N3O3S2. The molecule has 8 heteroatoms. The molecule has 1 amide bonds. The molecule has 0 radical (unpaired) electrons. The van der Waals surface area contributed by atoms with Gasteiger partial charge in [0.1, 0.15) is 29.4 Å². The number of nitrogens with zero attached hydrogens (tertiary/aromatic N) is 2. The van der Waals surface area contributed by atoms with Crippen LogP contribution in [0, 0.1) is 0 Å². The molecule has 5 rings (SSSR count). The highest BCUT2D eigenvalue weighted by Gasteiger charge is 2.16. The van der Waals surface area contributed by atoms with Gasteiger partial charge in [-0.05, 0) is 17.7 Å². The van der Waals surface area contributed by atoms with E-state index in [2.05, 4.69) is 32.8 Å². The average Bonchev–Trinajstić information content (AvgIpc) is 3.23. The van der Waals surface area contributed by atoms with Crippen molar-refractivity contribution in [3.63, 3.8) is 0 Å².